The molecule has 3 amide bonds. The van der Waals surface area contributed by atoms with Gasteiger partial charge in [0.1, 0.15) is 5.54 Å². The SMILES string of the molecule is CCCN(CCC)CN1C(=O)NC(C)(c2ccc([N+](=O)[O-])cc2)C1=O. The van der Waals surface area contributed by atoms with Crippen LogP contribution in [0.15, 0.2) is 24.3 Å². The fraction of sp³-hybridized carbons (Fsp3) is 0.529. The van der Waals surface area contributed by atoms with Gasteiger partial charge in [0.05, 0.1) is 11.6 Å². The van der Waals surface area contributed by atoms with Gasteiger partial charge in [-0.15, -0.1) is 0 Å². The lowest BCUT2D eigenvalue weighted by Crippen LogP contribution is -2.44. The van der Waals surface area contributed by atoms with Crippen molar-refractivity contribution in [2.45, 2.75) is 39.2 Å². The molecule has 1 aromatic carbocycles. The third-order valence-electron chi connectivity index (χ3n) is 4.35. The molecule has 1 aliphatic rings. The van der Waals surface area contributed by atoms with E-state index in [-0.39, 0.29) is 18.3 Å². The minimum absolute atomic E-state index is 0.0574. The summed E-state index contributed by atoms with van der Waals surface area (Å²) in [6.45, 7) is 7.58. The number of imide groups is 1. The van der Waals surface area contributed by atoms with Gasteiger partial charge in [-0.25, -0.2) is 9.69 Å². The maximum atomic E-state index is 12.9. The summed E-state index contributed by atoms with van der Waals surface area (Å²) in [6, 6.07) is 5.25. The first-order valence-corrected chi connectivity index (χ1v) is 8.44. The molecule has 1 N–H and O–H groups in total. The van der Waals surface area contributed by atoms with Crippen LogP contribution in [0.5, 0.6) is 0 Å². The van der Waals surface area contributed by atoms with Gasteiger partial charge in [-0.1, -0.05) is 13.8 Å². The number of hydrogen-bond acceptors (Lipinski definition) is 5. The molecule has 0 aliphatic carbocycles. The minimum atomic E-state index is -1.21. The summed E-state index contributed by atoms with van der Waals surface area (Å²) in [5.74, 6) is -0.344. The van der Waals surface area contributed by atoms with Crippen molar-refractivity contribution in [2.75, 3.05) is 19.8 Å². The Bertz CT molecular complexity index is 655. The lowest BCUT2D eigenvalue weighted by molar-refractivity contribution is -0.384. The molecule has 0 radical (unpaired) electrons. The normalized spacial score (nSPS) is 20.2. The Hall–Kier alpha value is -2.48. The topological polar surface area (TPSA) is 95.8 Å². The third kappa shape index (κ3) is 3.79. The molecule has 1 fully saturated rings. The number of carbonyl (C=O) groups excluding carboxylic acids is 2. The van der Waals surface area contributed by atoms with E-state index in [1.165, 1.54) is 29.2 Å². The summed E-state index contributed by atoms with van der Waals surface area (Å²) in [5, 5.41) is 13.5. The first-order chi connectivity index (χ1) is 11.8. The van der Waals surface area contributed by atoms with Crippen LogP contribution in [0.1, 0.15) is 39.2 Å². The van der Waals surface area contributed by atoms with Crippen molar-refractivity contribution in [3.63, 3.8) is 0 Å². The number of rotatable bonds is 8. The Morgan fingerprint density at radius 2 is 1.72 bits per heavy atom. The van der Waals surface area contributed by atoms with Gasteiger partial charge >= 0.3 is 6.03 Å². The highest BCUT2D eigenvalue weighted by Crippen LogP contribution is 2.30. The highest BCUT2D eigenvalue weighted by molar-refractivity contribution is 6.07. The maximum absolute atomic E-state index is 12.9. The van der Waals surface area contributed by atoms with E-state index in [1.807, 2.05) is 0 Å². The molecular formula is C17H24N4O4. The van der Waals surface area contributed by atoms with Crippen molar-refractivity contribution < 1.29 is 14.5 Å². The fourth-order valence-electron chi connectivity index (χ4n) is 3.02. The molecule has 1 atom stereocenters. The van der Waals surface area contributed by atoms with E-state index >= 15 is 0 Å². The molecule has 0 saturated carbocycles. The third-order valence-corrected chi connectivity index (χ3v) is 4.35. The maximum Gasteiger partial charge on any atom is 0.326 e. The number of benzene rings is 1. The average molecular weight is 348 g/mol. The van der Waals surface area contributed by atoms with Crippen LogP contribution in [0.25, 0.3) is 0 Å². The molecule has 136 valence electrons. The number of nitro groups is 1. The van der Waals surface area contributed by atoms with Crippen LogP contribution in [0.4, 0.5) is 10.5 Å². The second-order valence-corrected chi connectivity index (χ2v) is 6.35. The van der Waals surface area contributed by atoms with E-state index in [4.69, 9.17) is 0 Å². The van der Waals surface area contributed by atoms with Crippen molar-refractivity contribution in [2.24, 2.45) is 0 Å². The van der Waals surface area contributed by atoms with Gasteiger partial charge in [-0.05, 0) is 50.6 Å². The fourth-order valence-corrected chi connectivity index (χ4v) is 3.02. The monoisotopic (exact) mass is 348 g/mol. The Morgan fingerprint density at radius 3 is 2.20 bits per heavy atom. The molecule has 8 heteroatoms. The van der Waals surface area contributed by atoms with Gasteiger partial charge in [-0.3, -0.25) is 19.8 Å². The first kappa shape index (κ1) is 18.9. The van der Waals surface area contributed by atoms with E-state index in [2.05, 4.69) is 24.1 Å². The number of carbonyl (C=O) groups is 2. The highest BCUT2D eigenvalue weighted by Gasteiger charge is 2.49. The van der Waals surface area contributed by atoms with E-state index in [0.717, 1.165) is 25.9 Å². The van der Waals surface area contributed by atoms with Crippen LogP contribution in [-0.4, -0.2) is 46.4 Å². The summed E-state index contributed by atoms with van der Waals surface area (Å²) in [5.41, 5.74) is -0.745. The minimum Gasteiger partial charge on any atom is -0.319 e. The van der Waals surface area contributed by atoms with Crippen LogP contribution in [-0.2, 0) is 10.3 Å². The summed E-state index contributed by atoms with van der Waals surface area (Å²) in [7, 11) is 0. The number of nitrogens with one attached hydrogen (secondary N) is 1. The molecule has 1 aliphatic heterocycles. The molecule has 1 saturated heterocycles. The van der Waals surface area contributed by atoms with Crippen molar-refractivity contribution in [1.29, 1.82) is 0 Å². The van der Waals surface area contributed by atoms with Crippen molar-refractivity contribution in [1.82, 2.24) is 15.1 Å². The number of nitrogens with zero attached hydrogens (tertiary/aromatic N) is 3. The van der Waals surface area contributed by atoms with Gasteiger partial charge in [0.2, 0.25) is 0 Å². The first-order valence-electron chi connectivity index (χ1n) is 8.44. The Kier molecular flexibility index (Phi) is 5.73. The van der Waals surface area contributed by atoms with Gasteiger partial charge in [0.25, 0.3) is 11.6 Å². The number of hydrogen-bond donors (Lipinski definition) is 1. The number of non-ortho nitro benzene ring substituents is 1. The van der Waals surface area contributed by atoms with E-state index in [0.29, 0.717) is 5.56 Å². The number of amides is 3. The molecule has 2 rings (SSSR count). The van der Waals surface area contributed by atoms with Gasteiger partial charge in [0, 0.05) is 12.1 Å². The Balaban J connectivity index is 2.22. The zero-order valence-electron chi connectivity index (χ0n) is 14.8. The average Bonchev–Trinajstić information content (AvgIpc) is 2.79. The largest absolute Gasteiger partial charge is 0.326 e. The van der Waals surface area contributed by atoms with E-state index in [1.54, 1.807) is 6.92 Å². The highest BCUT2D eigenvalue weighted by atomic mass is 16.6. The van der Waals surface area contributed by atoms with Crippen LogP contribution >= 0.6 is 0 Å². The van der Waals surface area contributed by atoms with Crippen LogP contribution < -0.4 is 5.32 Å². The predicted molar refractivity (Wildman–Crippen MR) is 92.8 cm³/mol. The molecule has 1 heterocycles. The molecular weight excluding hydrogens is 324 g/mol. The summed E-state index contributed by atoms with van der Waals surface area (Å²) >= 11 is 0. The molecule has 1 unspecified atom stereocenters. The quantitative estimate of drug-likeness (QED) is 0.442. The van der Waals surface area contributed by atoms with Gasteiger partial charge in [-0.2, -0.15) is 0 Å². The summed E-state index contributed by atoms with van der Waals surface area (Å²) < 4.78 is 0. The zero-order chi connectivity index (χ0) is 18.6. The van der Waals surface area contributed by atoms with Gasteiger partial charge in [0.15, 0.2) is 0 Å². The molecule has 0 aromatic heterocycles. The number of urea groups is 1. The Labute approximate surface area is 146 Å². The van der Waals surface area contributed by atoms with Crippen molar-refractivity contribution in [3.05, 3.63) is 39.9 Å². The lowest BCUT2D eigenvalue weighted by atomic mass is 9.92. The second kappa shape index (κ2) is 7.60. The second-order valence-electron chi connectivity index (χ2n) is 6.35. The molecule has 1 aromatic rings. The molecule has 8 nitrogen and oxygen atoms in total. The molecule has 0 bridgehead atoms. The zero-order valence-corrected chi connectivity index (χ0v) is 14.8. The van der Waals surface area contributed by atoms with Crippen LogP contribution in [0, 0.1) is 10.1 Å². The van der Waals surface area contributed by atoms with Crippen LogP contribution in [0.2, 0.25) is 0 Å². The van der Waals surface area contributed by atoms with Crippen molar-refractivity contribution >= 4 is 17.6 Å². The smallest absolute Gasteiger partial charge is 0.319 e. The van der Waals surface area contributed by atoms with Crippen LogP contribution in [0.3, 0.4) is 0 Å². The lowest BCUT2D eigenvalue weighted by Gasteiger charge is -2.26. The summed E-state index contributed by atoms with van der Waals surface area (Å²) in [6.07, 6.45) is 1.87. The van der Waals surface area contributed by atoms with E-state index in [9.17, 15) is 19.7 Å². The van der Waals surface area contributed by atoms with Crippen molar-refractivity contribution in [3.8, 4) is 0 Å². The standard InChI is InChI=1S/C17H24N4O4/c1-4-10-19(11-5-2)12-20-15(22)17(3,18-16(20)23)13-6-8-14(9-7-13)21(24)25/h6-9H,4-5,10-12H2,1-3H3,(H,18,23). The summed E-state index contributed by atoms with van der Waals surface area (Å²) in [4.78, 5) is 38.8. The molecule has 0 spiro atoms. The van der Waals surface area contributed by atoms with E-state index < -0.39 is 16.5 Å². The Morgan fingerprint density at radius 1 is 1.16 bits per heavy atom. The molecule has 25 heavy (non-hydrogen) atoms. The van der Waals surface area contributed by atoms with Gasteiger partial charge < -0.3 is 5.32 Å². The predicted octanol–water partition coefficient (Wildman–Crippen LogP) is 2.44. The number of nitro benzene ring substituents is 1.